The second kappa shape index (κ2) is 7.90. The number of esters is 1. The second-order valence-corrected chi connectivity index (χ2v) is 7.22. The topological polar surface area (TPSA) is 107 Å². The normalized spacial score (nSPS) is 20.2. The number of hydrogen-bond acceptors (Lipinski definition) is 6. The van der Waals surface area contributed by atoms with Gasteiger partial charge >= 0.3 is 5.97 Å². The van der Waals surface area contributed by atoms with Crippen LogP contribution in [0.25, 0.3) is 0 Å². The predicted molar refractivity (Wildman–Crippen MR) is 107 cm³/mol. The van der Waals surface area contributed by atoms with Gasteiger partial charge in [-0.2, -0.15) is 0 Å². The van der Waals surface area contributed by atoms with Gasteiger partial charge in [0, 0.05) is 12.1 Å². The minimum atomic E-state index is -0.651. The molecule has 30 heavy (non-hydrogen) atoms. The standard InChI is InChI=1S/C22H18N2O6/c25-20-18-9-1-2-10-19(18)21(26)23(20)16-7-4-6-15(12-16)22(27)30-13-14-5-3-8-17(11-14)24(28)29/h1-8,11-12,18-19H,9-10,13H2/t18-,19-/m0/s1. The van der Waals surface area contributed by atoms with Crippen LogP contribution < -0.4 is 4.90 Å². The van der Waals surface area contributed by atoms with E-state index in [0.717, 1.165) is 4.90 Å². The molecule has 4 rings (SSSR count). The quantitative estimate of drug-likeness (QED) is 0.248. The summed E-state index contributed by atoms with van der Waals surface area (Å²) in [6, 6.07) is 12.0. The van der Waals surface area contributed by atoms with E-state index >= 15 is 0 Å². The maximum absolute atomic E-state index is 12.7. The Morgan fingerprint density at radius 3 is 2.37 bits per heavy atom. The number of fused-ring (bicyclic) bond motifs is 1. The lowest BCUT2D eigenvalue weighted by atomic mass is 9.85. The highest BCUT2D eigenvalue weighted by Gasteiger charge is 2.47. The van der Waals surface area contributed by atoms with E-state index in [4.69, 9.17) is 4.74 Å². The number of allylic oxidation sites excluding steroid dienone is 2. The largest absolute Gasteiger partial charge is 0.457 e. The van der Waals surface area contributed by atoms with Gasteiger partial charge in [-0.15, -0.1) is 0 Å². The van der Waals surface area contributed by atoms with Crippen LogP contribution in [0.1, 0.15) is 28.8 Å². The summed E-state index contributed by atoms with van der Waals surface area (Å²) in [5.74, 6) is -1.87. The van der Waals surface area contributed by atoms with Crippen molar-refractivity contribution in [2.24, 2.45) is 11.8 Å². The number of nitro benzene ring substituents is 1. The molecule has 0 radical (unpaired) electrons. The number of nitro groups is 1. The summed E-state index contributed by atoms with van der Waals surface area (Å²) in [5, 5.41) is 10.9. The average Bonchev–Trinajstić information content (AvgIpc) is 3.02. The summed E-state index contributed by atoms with van der Waals surface area (Å²) < 4.78 is 5.25. The molecule has 2 atom stereocenters. The van der Waals surface area contributed by atoms with Crippen molar-refractivity contribution in [3.8, 4) is 0 Å². The highest BCUT2D eigenvalue weighted by molar-refractivity contribution is 6.22. The molecule has 1 aliphatic heterocycles. The molecule has 152 valence electrons. The minimum absolute atomic E-state index is 0.0902. The molecular formula is C22H18N2O6. The van der Waals surface area contributed by atoms with Crippen LogP contribution in [0.15, 0.2) is 60.7 Å². The fourth-order valence-corrected chi connectivity index (χ4v) is 3.82. The number of ether oxygens (including phenoxy) is 1. The SMILES string of the molecule is O=C(OCc1cccc([N+](=O)[O-])c1)c1cccc(N2C(=O)[C@H]3CC=CC[C@@H]3C2=O)c1. The molecule has 2 aromatic rings. The van der Waals surface area contributed by atoms with Gasteiger partial charge in [0.15, 0.2) is 0 Å². The zero-order valence-electron chi connectivity index (χ0n) is 15.9. The van der Waals surface area contributed by atoms with Crippen molar-refractivity contribution in [3.05, 3.63) is 81.9 Å². The maximum atomic E-state index is 12.7. The zero-order chi connectivity index (χ0) is 21.3. The predicted octanol–water partition coefficient (Wildman–Crippen LogP) is 3.41. The van der Waals surface area contributed by atoms with E-state index in [-0.39, 0.29) is 41.5 Å². The molecule has 0 aromatic heterocycles. The Balaban J connectivity index is 1.49. The van der Waals surface area contributed by atoms with Crippen LogP contribution in [0.3, 0.4) is 0 Å². The monoisotopic (exact) mass is 406 g/mol. The van der Waals surface area contributed by atoms with Gasteiger partial charge in [0.25, 0.3) is 5.69 Å². The molecule has 8 heteroatoms. The highest BCUT2D eigenvalue weighted by Crippen LogP contribution is 2.37. The van der Waals surface area contributed by atoms with Crippen LogP contribution in [0.4, 0.5) is 11.4 Å². The molecular weight excluding hydrogens is 388 g/mol. The zero-order valence-corrected chi connectivity index (χ0v) is 15.9. The molecule has 0 saturated carbocycles. The van der Waals surface area contributed by atoms with Crippen LogP contribution in [0, 0.1) is 22.0 Å². The van der Waals surface area contributed by atoms with Crippen molar-refractivity contribution in [1.82, 2.24) is 0 Å². The number of nitrogens with zero attached hydrogens (tertiary/aromatic N) is 2. The molecule has 2 aromatic carbocycles. The van der Waals surface area contributed by atoms with Crippen molar-refractivity contribution in [1.29, 1.82) is 0 Å². The van der Waals surface area contributed by atoms with Crippen molar-refractivity contribution < 1.29 is 24.0 Å². The van der Waals surface area contributed by atoms with E-state index in [1.54, 1.807) is 18.2 Å². The fraction of sp³-hybridized carbons (Fsp3) is 0.227. The molecule has 1 aliphatic carbocycles. The van der Waals surface area contributed by atoms with Crippen molar-refractivity contribution in [2.75, 3.05) is 4.90 Å². The average molecular weight is 406 g/mol. The van der Waals surface area contributed by atoms with Crippen molar-refractivity contribution in [3.63, 3.8) is 0 Å². The van der Waals surface area contributed by atoms with E-state index in [1.807, 2.05) is 12.2 Å². The van der Waals surface area contributed by atoms with Crippen LogP contribution in [0.2, 0.25) is 0 Å². The summed E-state index contributed by atoms with van der Waals surface area (Å²) in [4.78, 5) is 49.4. The molecule has 0 spiro atoms. The third-order valence-corrected chi connectivity index (χ3v) is 5.34. The van der Waals surface area contributed by atoms with Gasteiger partial charge in [0.05, 0.1) is 28.0 Å². The Morgan fingerprint density at radius 1 is 1.03 bits per heavy atom. The summed E-state index contributed by atoms with van der Waals surface area (Å²) in [6.45, 7) is -0.137. The Morgan fingerprint density at radius 2 is 1.70 bits per heavy atom. The lowest BCUT2D eigenvalue weighted by Crippen LogP contribution is -2.31. The maximum Gasteiger partial charge on any atom is 0.338 e. The number of carbonyl (C=O) groups is 3. The molecule has 0 bridgehead atoms. The van der Waals surface area contributed by atoms with Crippen LogP contribution in [-0.2, 0) is 20.9 Å². The highest BCUT2D eigenvalue weighted by atomic mass is 16.6. The number of anilines is 1. The van der Waals surface area contributed by atoms with E-state index in [9.17, 15) is 24.5 Å². The van der Waals surface area contributed by atoms with Gasteiger partial charge in [-0.3, -0.25) is 24.6 Å². The van der Waals surface area contributed by atoms with Crippen molar-refractivity contribution >= 4 is 29.2 Å². The first-order valence-electron chi connectivity index (χ1n) is 9.49. The number of rotatable bonds is 5. The van der Waals surface area contributed by atoms with Crippen molar-refractivity contribution in [2.45, 2.75) is 19.4 Å². The number of imide groups is 1. The molecule has 0 unspecified atom stereocenters. The Kier molecular flexibility index (Phi) is 5.14. The van der Waals surface area contributed by atoms with Gasteiger partial charge in [-0.1, -0.05) is 30.4 Å². The van der Waals surface area contributed by atoms with Crippen LogP contribution in [-0.4, -0.2) is 22.7 Å². The third kappa shape index (κ3) is 3.59. The number of hydrogen-bond donors (Lipinski definition) is 0. The number of non-ortho nitro benzene ring substituents is 1. The molecule has 8 nitrogen and oxygen atoms in total. The lowest BCUT2D eigenvalue weighted by molar-refractivity contribution is -0.384. The van der Waals surface area contributed by atoms with E-state index in [0.29, 0.717) is 24.1 Å². The van der Waals surface area contributed by atoms with E-state index < -0.39 is 10.9 Å². The summed E-state index contributed by atoms with van der Waals surface area (Å²) in [6.07, 6.45) is 4.91. The molecule has 1 saturated heterocycles. The molecule has 1 heterocycles. The van der Waals surface area contributed by atoms with E-state index in [2.05, 4.69) is 0 Å². The lowest BCUT2D eigenvalue weighted by Gasteiger charge is -2.15. The summed E-state index contributed by atoms with van der Waals surface area (Å²) in [7, 11) is 0. The smallest absolute Gasteiger partial charge is 0.338 e. The third-order valence-electron chi connectivity index (χ3n) is 5.34. The molecule has 2 aliphatic rings. The van der Waals surface area contributed by atoms with Gasteiger partial charge in [0.1, 0.15) is 6.61 Å². The Hall–Kier alpha value is -3.81. The van der Waals surface area contributed by atoms with Gasteiger partial charge in [-0.05, 0) is 36.6 Å². The minimum Gasteiger partial charge on any atom is -0.457 e. The van der Waals surface area contributed by atoms with Gasteiger partial charge in [0.2, 0.25) is 11.8 Å². The van der Waals surface area contributed by atoms with Gasteiger partial charge < -0.3 is 4.74 Å². The fourth-order valence-electron chi connectivity index (χ4n) is 3.82. The first-order chi connectivity index (χ1) is 14.5. The van der Waals surface area contributed by atoms with Gasteiger partial charge in [-0.25, -0.2) is 4.79 Å². The number of benzene rings is 2. The summed E-state index contributed by atoms with van der Waals surface area (Å²) in [5.41, 5.74) is 0.915. The Bertz CT molecular complexity index is 1050. The Labute approximate surface area is 171 Å². The first kappa shape index (κ1) is 19.5. The number of carbonyl (C=O) groups excluding carboxylic acids is 3. The van der Waals surface area contributed by atoms with Crippen LogP contribution in [0.5, 0.6) is 0 Å². The molecule has 2 amide bonds. The molecule has 0 N–H and O–H groups in total. The molecule has 1 fully saturated rings. The number of amides is 2. The van der Waals surface area contributed by atoms with Crippen LogP contribution >= 0.6 is 0 Å². The summed E-state index contributed by atoms with van der Waals surface area (Å²) >= 11 is 0. The second-order valence-electron chi connectivity index (χ2n) is 7.22. The van der Waals surface area contributed by atoms with E-state index in [1.165, 1.54) is 30.3 Å². The first-order valence-corrected chi connectivity index (χ1v) is 9.49.